The molecule has 1 fully saturated rings. The molecule has 128 valence electrons. The fraction of sp³-hybridized carbons (Fsp3) is 0.333. The minimum atomic E-state index is -3.51. The molecule has 1 heterocycles. The highest BCUT2D eigenvalue weighted by Crippen LogP contribution is 2.22. The van der Waals surface area contributed by atoms with Crippen LogP contribution in [-0.2, 0) is 23.3 Å². The second kappa shape index (κ2) is 7.01. The van der Waals surface area contributed by atoms with Crippen LogP contribution in [0.2, 0.25) is 0 Å². The number of aryl methyl sites for hydroxylation is 1. The number of hydrogen-bond acceptors (Lipinski definition) is 2. The van der Waals surface area contributed by atoms with Crippen LogP contribution in [0.1, 0.15) is 23.1 Å². The zero-order valence-electron chi connectivity index (χ0n) is 13.7. The molecule has 2 aromatic carbocycles. The molecule has 6 heteroatoms. The van der Waals surface area contributed by atoms with Crippen LogP contribution in [0.15, 0.2) is 48.5 Å². The number of benzene rings is 2. The van der Waals surface area contributed by atoms with Gasteiger partial charge in [0.25, 0.3) is 10.2 Å². The summed E-state index contributed by atoms with van der Waals surface area (Å²) in [5.74, 6) is -0.318. The van der Waals surface area contributed by atoms with Gasteiger partial charge in [-0.3, -0.25) is 0 Å². The molecule has 0 saturated carbocycles. The molecule has 0 radical (unpaired) electrons. The average Bonchev–Trinajstić information content (AvgIpc) is 2.53. The summed E-state index contributed by atoms with van der Waals surface area (Å²) in [5, 5.41) is 0. The van der Waals surface area contributed by atoms with Gasteiger partial charge < -0.3 is 0 Å². The topological polar surface area (TPSA) is 40.6 Å². The van der Waals surface area contributed by atoms with Gasteiger partial charge in [0.2, 0.25) is 0 Å². The molecule has 0 N–H and O–H groups in total. The number of rotatable bonds is 4. The SMILES string of the molecule is Cc1cccc(CN2CCCN(Cc3ccc(F)cc3)S2(=O)=O)c1. The van der Waals surface area contributed by atoms with E-state index < -0.39 is 10.2 Å². The van der Waals surface area contributed by atoms with Crippen LogP contribution >= 0.6 is 0 Å². The van der Waals surface area contributed by atoms with Crippen molar-refractivity contribution in [3.8, 4) is 0 Å². The third-order valence-electron chi connectivity index (χ3n) is 4.18. The second-order valence-electron chi connectivity index (χ2n) is 6.14. The zero-order valence-corrected chi connectivity index (χ0v) is 14.5. The summed E-state index contributed by atoms with van der Waals surface area (Å²) in [4.78, 5) is 0. The van der Waals surface area contributed by atoms with Crippen molar-refractivity contribution in [3.63, 3.8) is 0 Å². The van der Waals surface area contributed by atoms with Gasteiger partial charge in [0.05, 0.1) is 0 Å². The van der Waals surface area contributed by atoms with Gasteiger partial charge in [0.1, 0.15) is 5.82 Å². The molecular formula is C18H21FN2O2S. The maximum atomic E-state index is 13.0. The summed E-state index contributed by atoms with van der Waals surface area (Å²) < 4.78 is 41.7. The van der Waals surface area contributed by atoms with Gasteiger partial charge in [-0.15, -0.1) is 0 Å². The lowest BCUT2D eigenvalue weighted by atomic mass is 10.1. The fourth-order valence-corrected chi connectivity index (χ4v) is 4.62. The van der Waals surface area contributed by atoms with Crippen molar-refractivity contribution >= 4 is 10.2 Å². The van der Waals surface area contributed by atoms with E-state index in [0.717, 1.165) is 23.1 Å². The van der Waals surface area contributed by atoms with E-state index in [9.17, 15) is 12.8 Å². The minimum absolute atomic E-state index is 0.271. The Kier molecular flexibility index (Phi) is 4.99. The van der Waals surface area contributed by atoms with Crippen molar-refractivity contribution < 1.29 is 12.8 Å². The van der Waals surface area contributed by atoms with E-state index >= 15 is 0 Å². The van der Waals surface area contributed by atoms with E-state index in [1.54, 1.807) is 12.1 Å². The molecule has 0 atom stereocenters. The lowest BCUT2D eigenvalue weighted by Gasteiger charge is -2.34. The van der Waals surface area contributed by atoms with Gasteiger partial charge in [-0.2, -0.15) is 17.0 Å². The Bertz CT molecular complexity index is 806. The molecule has 4 nitrogen and oxygen atoms in total. The van der Waals surface area contributed by atoms with Gasteiger partial charge in [-0.1, -0.05) is 42.0 Å². The van der Waals surface area contributed by atoms with Crippen LogP contribution < -0.4 is 0 Å². The minimum Gasteiger partial charge on any atom is -0.207 e. The third-order valence-corrected chi connectivity index (χ3v) is 6.11. The predicted molar refractivity (Wildman–Crippen MR) is 91.9 cm³/mol. The Hall–Kier alpha value is -1.76. The Morgan fingerprint density at radius 1 is 0.958 bits per heavy atom. The predicted octanol–water partition coefficient (Wildman–Crippen LogP) is 3.09. The van der Waals surface area contributed by atoms with Crippen molar-refractivity contribution in [2.24, 2.45) is 0 Å². The first-order valence-electron chi connectivity index (χ1n) is 8.00. The first kappa shape index (κ1) is 17.1. The Morgan fingerprint density at radius 3 is 2.21 bits per heavy atom. The molecule has 0 aliphatic carbocycles. The summed E-state index contributed by atoms with van der Waals surface area (Å²) >= 11 is 0. The number of halogens is 1. The van der Waals surface area contributed by atoms with Crippen LogP contribution in [0.25, 0.3) is 0 Å². The van der Waals surface area contributed by atoms with Crippen LogP contribution in [-0.4, -0.2) is 30.1 Å². The van der Waals surface area contributed by atoms with Gasteiger partial charge >= 0.3 is 0 Å². The molecule has 0 bridgehead atoms. The van der Waals surface area contributed by atoms with E-state index in [1.165, 1.54) is 20.7 Å². The van der Waals surface area contributed by atoms with Crippen molar-refractivity contribution in [2.45, 2.75) is 26.4 Å². The zero-order chi connectivity index (χ0) is 17.2. The second-order valence-corrected chi connectivity index (χ2v) is 8.07. The van der Waals surface area contributed by atoms with E-state index in [4.69, 9.17) is 0 Å². The molecule has 0 spiro atoms. The summed E-state index contributed by atoms with van der Waals surface area (Å²) in [6.45, 7) is 3.66. The Labute approximate surface area is 142 Å². The normalized spacial score (nSPS) is 18.6. The first-order valence-corrected chi connectivity index (χ1v) is 9.40. The highest BCUT2D eigenvalue weighted by molar-refractivity contribution is 7.86. The largest absolute Gasteiger partial charge is 0.282 e. The summed E-state index contributed by atoms with van der Waals surface area (Å²) in [6.07, 6.45) is 0.784. The smallest absolute Gasteiger partial charge is 0.207 e. The molecule has 1 saturated heterocycles. The van der Waals surface area contributed by atoms with Gasteiger partial charge in [0.15, 0.2) is 0 Å². The highest BCUT2D eigenvalue weighted by atomic mass is 32.2. The van der Waals surface area contributed by atoms with Crippen molar-refractivity contribution in [3.05, 3.63) is 71.0 Å². The monoisotopic (exact) mass is 348 g/mol. The lowest BCUT2D eigenvalue weighted by molar-refractivity contribution is 0.276. The van der Waals surface area contributed by atoms with Crippen LogP contribution in [0, 0.1) is 12.7 Å². The summed E-state index contributed by atoms with van der Waals surface area (Å²) in [6, 6.07) is 13.9. The molecule has 0 amide bonds. The van der Waals surface area contributed by atoms with Crippen molar-refractivity contribution in [1.29, 1.82) is 0 Å². The Balaban J connectivity index is 1.76. The molecular weight excluding hydrogens is 327 g/mol. The summed E-state index contributed by atoms with van der Waals surface area (Å²) in [5.41, 5.74) is 2.89. The standard InChI is InChI=1S/C18H21FN2O2S/c1-15-4-2-5-17(12-15)14-21-11-3-10-20(24(21,22)23)13-16-6-8-18(19)9-7-16/h2,4-9,12H,3,10-11,13-14H2,1H3. The Morgan fingerprint density at radius 2 is 1.58 bits per heavy atom. The average molecular weight is 348 g/mol. The number of hydrogen-bond donors (Lipinski definition) is 0. The summed E-state index contributed by atoms with van der Waals surface area (Å²) in [7, 11) is -3.51. The van der Waals surface area contributed by atoms with E-state index in [-0.39, 0.29) is 12.4 Å². The molecule has 2 aromatic rings. The number of nitrogens with zero attached hydrogens (tertiary/aromatic N) is 2. The molecule has 1 aliphatic rings. The third kappa shape index (κ3) is 3.83. The molecule has 24 heavy (non-hydrogen) atoms. The van der Waals surface area contributed by atoms with Crippen LogP contribution in [0.5, 0.6) is 0 Å². The van der Waals surface area contributed by atoms with E-state index in [2.05, 4.69) is 0 Å². The molecule has 0 unspecified atom stereocenters. The lowest BCUT2D eigenvalue weighted by Crippen LogP contribution is -2.48. The fourth-order valence-electron chi connectivity index (χ4n) is 2.95. The van der Waals surface area contributed by atoms with Gasteiger partial charge in [-0.25, -0.2) is 4.39 Å². The van der Waals surface area contributed by atoms with E-state index in [0.29, 0.717) is 19.6 Å². The van der Waals surface area contributed by atoms with Crippen LogP contribution in [0.4, 0.5) is 4.39 Å². The van der Waals surface area contributed by atoms with Crippen molar-refractivity contribution in [2.75, 3.05) is 13.1 Å². The maximum absolute atomic E-state index is 13.0. The van der Waals surface area contributed by atoms with Gasteiger partial charge in [-0.05, 0) is 36.6 Å². The quantitative estimate of drug-likeness (QED) is 0.852. The van der Waals surface area contributed by atoms with Crippen LogP contribution in [0.3, 0.4) is 0 Å². The molecule has 1 aliphatic heterocycles. The first-order chi connectivity index (χ1) is 11.4. The van der Waals surface area contributed by atoms with Gasteiger partial charge in [0, 0.05) is 26.2 Å². The molecule has 3 rings (SSSR count). The van der Waals surface area contributed by atoms with Crippen molar-refractivity contribution in [1.82, 2.24) is 8.61 Å². The van der Waals surface area contributed by atoms with E-state index in [1.807, 2.05) is 31.2 Å². The highest BCUT2D eigenvalue weighted by Gasteiger charge is 2.33. The molecule has 0 aromatic heterocycles. The maximum Gasteiger partial charge on any atom is 0.282 e.